The molecule has 0 aliphatic carbocycles. The Morgan fingerprint density at radius 3 is 2.68 bits per heavy atom. The van der Waals surface area contributed by atoms with E-state index in [1.807, 2.05) is 6.07 Å². The van der Waals surface area contributed by atoms with Gasteiger partial charge in [-0.3, -0.25) is 4.79 Å². The quantitative estimate of drug-likeness (QED) is 0.365. The molecule has 0 bridgehead atoms. The molecule has 25 heavy (non-hydrogen) atoms. The number of aryl methyl sites for hydroxylation is 1. The number of nitrogens with one attached hydrogen (secondary N) is 2. The SMILES string of the molecule is COCCNC(=NCC(=O)N(C)C)NCCCc1ccc(Br)cc1F. The lowest BCUT2D eigenvalue weighted by molar-refractivity contribution is -0.127. The summed E-state index contributed by atoms with van der Waals surface area (Å²) in [4.78, 5) is 17.4. The first-order valence-electron chi connectivity index (χ1n) is 8.09. The van der Waals surface area contributed by atoms with E-state index in [-0.39, 0.29) is 18.3 Å². The monoisotopic (exact) mass is 416 g/mol. The summed E-state index contributed by atoms with van der Waals surface area (Å²) in [5, 5.41) is 6.25. The van der Waals surface area contributed by atoms with Gasteiger partial charge in [0.15, 0.2) is 5.96 Å². The summed E-state index contributed by atoms with van der Waals surface area (Å²) < 4.78 is 19.5. The lowest BCUT2D eigenvalue weighted by Crippen LogP contribution is -2.40. The van der Waals surface area contributed by atoms with Crippen LogP contribution in [0.15, 0.2) is 27.7 Å². The second-order valence-electron chi connectivity index (χ2n) is 5.64. The Bertz CT molecular complexity index is 582. The van der Waals surface area contributed by atoms with E-state index in [0.29, 0.717) is 37.6 Å². The number of nitrogens with zero attached hydrogens (tertiary/aromatic N) is 2. The van der Waals surface area contributed by atoms with Gasteiger partial charge in [-0.15, -0.1) is 0 Å². The summed E-state index contributed by atoms with van der Waals surface area (Å²) in [5.74, 6) is 0.256. The van der Waals surface area contributed by atoms with Crippen LogP contribution in [-0.4, -0.2) is 64.2 Å². The van der Waals surface area contributed by atoms with Crippen LogP contribution in [0.2, 0.25) is 0 Å². The van der Waals surface area contributed by atoms with E-state index in [0.717, 1.165) is 10.9 Å². The van der Waals surface area contributed by atoms with E-state index < -0.39 is 0 Å². The van der Waals surface area contributed by atoms with Crippen LogP contribution in [0.3, 0.4) is 0 Å². The molecule has 0 radical (unpaired) electrons. The molecule has 1 rings (SSSR count). The average molecular weight is 417 g/mol. The number of methoxy groups -OCH3 is 1. The summed E-state index contributed by atoms with van der Waals surface area (Å²) in [7, 11) is 5.00. The third-order valence-corrected chi connectivity index (χ3v) is 3.89. The van der Waals surface area contributed by atoms with Gasteiger partial charge in [-0.2, -0.15) is 0 Å². The van der Waals surface area contributed by atoms with Gasteiger partial charge in [0.1, 0.15) is 12.4 Å². The molecule has 0 aromatic heterocycles. The zero-order valence-corrected chi connectivity index (χ0v) is 16.5. The average Bonchev–Trinajstić information content (AvgIpc) is 2.57. The molecular formula is C17H26BrFN4O2. The highest BCUT2D eigenvalue weighted by molar-refractivity contribution is 9.10. The Labute approximate surface area is 157 Å². The van der Waals surface area contributed by atoms with Gasteiger partial charge in [-0.05, 0) is 30.5 Å². The van der Waals surface area contributed by atoms with E-state index in [1.54, 1.807) is 27.3 Å². The van der Waals surface area contributed by atoms with Crippen LogP contribution in [0.5, 0.6) is 0 Å². The number of hydrogen-bond donors (Lipinski definition) is 2. The van der Waals surface area contributed by atoms with Crippen LogP contribution in [0.25, 0.3) is 0 Å². The van der Waals surface area contributed by atoms with Crippen molar-refractivity contribution in [2.75, 3.05) is 47.4 Å². The molecule has 0 unspecified atom stereocenters. The zero-order chi connectivity index (χ0) is 18.7. The van der Waals surface area contributed by atoms with Crippen LogP contribution < -0.4 is 10.6 Å². The summed E-state index contributed by atoms with van der Waals surface area (Å²) in [6, 6.07) is 5.08. The summed E-state index contributed by atoms with van der Waals surface area (Å²) in [5.41, 5.74) is 0.679. The molecule has 6 nitrogen and oxygen atoms in total. The Morgan fingerprint density at radius 1 is 1.32 bits per heavy atom. The summed E-state index contributed by atoms with van der Waals surface area (Å²) in [6.45, 7) is 1.80. The number of carbonyl (C=O) groups excluding carboxylic acids is 1. The molecule has 8 heteroatoms. The highest BCUT2D eigenvalue weighted by Crippen LogP contribution is 2.16. The molecule has 1 aromatic carbocycles. The first-order valence-corrected chi connectivity index (χ1v) is 8.88. The van der Waals surface area contributed by atoms with Crippen LogP contribution in [0, 0.1) is 5.82 Å². The van der Waals surface area contributed by atoms with Crippen molar-refractivity contribution < 1.29 is 13.9 Å². The van der Waals surface area contributed by atoms with Gasteiger partial charge in [-0.25, -0.2) is 9.38 Å². The summed E-state index contributed by atoms with van der Waals surface area (Å²) in [6.07, 6.45) is 1.36. The largest absolute Gasteiger partial charge is 0.383 e. The molecular weight excluding hydrogens is 391 g/mol. The van der Waals surface area contributed by atoms with Crippen molar-refractivity contribution in [2.24, 2.45) is 4.99 Å². The van der Waals surface area contributed by atoms with Gasteiger partial charge in [-0.1, -0.05) is 22.0 Å². The van der Waals surface area contributed by atoms with Gasteiger partial charge in [0.05, 0.1) is 6.61 Å². The van der Waals surface area contributed by atoms with Crippen molar-refractivity contribution in [3.05, 3.63) is 34.1 Å². The summed E-state index contributed by atoms with van der Waals surface area (Å²) >= 11 is 3.25. The number of amides is 1. The molecule has 1 aromatic rings. The van der Waals surface area contributed by atoms with E-state index >= 15 is 0 Å². The smallest absolute Gasteiger partial charge is 0.243 e. The normalized spacial score (nSPS) is 11.3. The fourth-order valence-corrected chi connectivity index (χ4v) is 2.28. The number of ether oxygens (including phenoxy) is 1. The number of aliphatic imine (C=N–C) groups is 1. The Balaban J connectivity index is 2.47. The van der Waals surface area contributed by atoms with Crippen LogP contribution >= 0.6 is 15.9 Å². The number of hydrogen-bond acceptors (Lipinski definition) is 3. The fraction of sp³-hybridized carbons (Fsp3) is 0.529. The Morgan fingerprint density at radius 2 is 2.04 bits per heavy atom. The van der Waals surface area contributed by atoms with E-state index in [9.17, 15) is 9.18 Å². The number of halogens is 2. The second-order valence-corrected chi connectivity index (χ2v) is 6.55. The van der Waals surface area contributed by atoms with Crippen molar-refractivity contribution >= 4 is 27.8 Å². The van der Waals surface area contributed by atoms with E-state index in [1.165, 1.54) is 11.0 Å². The molecule has 0 aliphatic heterocycles. The van der Waals surface area contributed by atoms with Gasteiger partial charge in [0.2, 0.25) is 5.91 Å². The van der Waals surface area contributed by atoms with Gasteiger partial charge < -0.3 is 20.3 Å². The highest BCUT2D eigenvalue weighted by Gasteiger charge is 2.05. The predicted molar refractivity (Wildman–Crippen MR) is 101 cm³/mol. The van der Waals surface area contributed by atoms with Crippen LogP contribution in [-0.2, 0) is 16.0 Å². The van der Waals surface area contributed by atoms with Crippen molar-refractivity contribution in [1.82, 2.24) is 15.5 Å². The number of likely N-dealkylation sites (N-methyl/N-ethyl adjacent to an activating group) is 1. The fourth-order valence-electron chi connectivity index (χ4n) is 1.94. The van der Waals surface area contributed by atoms with Gasteiger partial charge in [0.25, 0.3) is 0 Å². The Hall–Kier alpha value is -1.67. The lowest BCUT2D eigenvalue weighted by Gasteiger charge is -2.13. The van der Waals surface area contributed by atoms with Gasteiger partial charge in [0, 0.05) is 38.8 Å². The third-order valence-electron chi connectivity index (χ3n) is 3.40. The first kappa shape index (κ1) is 21.4. The standard InChI is InChI=1S/C17H26BrFN4O2/c1-23(2)16(24)12-22-17(21-9-10-25-3)20-8-4-5-13-6-7-14(18)11-15(13)19/h6-7,11H,4-5,8-10,12H2,1-3H3,(H2,20,21,22). The molecule has 0 atom stereocenters. The molecule has 0 saturated carbocycles. The molecule has 0 aliphatic rings. The number of guanidine groups is 1. The minimum absolute atomic E-state index is 0.0661. The second kappa shape index (κ2) is 11.8. The number of carbonyl (C=O) groups is 1. The minimum Gasteiger partial charge on any atom is -0.383 e. The third kappa shape index (κ3) is 8.83. The zero-order valence-electron chi connectivity index (χ0n) is 14.9. The molecule has 140 valence electrons. The molecule has 1 amide bonds. The van der Waals surface area contributed by atoms with Crippen molar-refractivity contribution in [2.45, 2.75) is 12.8 Å². The topological polar surface area (TPSA) is 66.0 Å². The molecule has 0 spiro atoms. The van der Waals surface area contributed by atoms with Crippen LogP contribution in [0.1, 0.15) is 12.0 Å². The number of rotatable bonds is 9. The van der Waals surface area contributed by atoms with Gasteiger partial charge >= 0.3 is 0 Å². The van der Waals surface area contributed by atoms with Crippen molar-refractivity contribution in [3.8, 4) is 0 Å². The van der Waals surface area contributed by atoms with Crippen LogP contribution in [0.4, 0.5) is 4.39 Å². The predicted octanol–water partition coefficient (Wildman–Crippen LogP) is 1.79. The molecule has 0 saturated heterocycles. The highest BCUT2D eigenvalue weighted by atomic mass is 79.9. The minimum atomic E-state index is -0.210. The lowest BCUT2D eigenvalue weighted by atomic mass is 10.1. The maximum absolute atomic E-state index is 13.8. The van der Waals surface area contributed by atoms with E-state index in [4.69, 9.17) is 4.74 Å². The Kier molecular flexibility index (Phi) is 10.1. The number of benzene rings is 1. The first-order chi connectivity index (χ1) is 11.9. The molecule has 0 fully saturated rings. The maximum Gasteiger partial charge on any atom is 0.243 e. The molecule has 2 N–H and O–H groups in total. The van der Waals surface area contributed by atoms with Crippen molar-refractivity contribution in [1.29, 1.82) is 0 Å². The van der Waals surface area contributed by atoms with E-state index in [2.05, 4.69) is 31.6 Å². The van der Waals surface area contributed by atoms with Crippen molar-refractivity contribution in [3.63, 3.8) is 0 Å². The molecule has 0 heterocycles. The maximum atomic E-state index is 13.8.